The Morgan fingerprint density at radius 3 is 2.81 bits per heavy atom. The predicted octanol–water partition coefficient (Wildman–Crippen LogP) is 5.46. The van der Waals surface area contributed by atoms with Gasteiger partial charge in [-0.1, -0.05) is 17.7 Å². The molecule has 2 aromatic carbocycles. The number of benzene rings is 2. The lowest BCUT2D eigenvalue weighted by Crippen LogP contribution is -2.23. The van der Waals surface area contributed by atoms with Gasteiger partial charge in [-0.05, 0) is 66.9 Å². The average molecular weight is 519 g/mol. The van der Waals surface area contributed by atoms with E-state index in [9.17, 15) is 9.18 Å². The fraction of sp³-hybridized carbons (Fsp3) is 0.222. The zero-order valence-electron chi connectivity index (χ0n) is 20.3. The van der Waals surface area contributed by atoms with Gasteiger partial charge in [0.25, 0.3) is 5.91 Å². The molecule has 0 bridgehead atoms. The van der Waals surface area contributed by atoms with E-state index >= 15 is 0 Å². The summed E-state index contributed by atoms with van der Waals surface area (Å²) >= 11 is 6.01. The number of anilines is 2. The van der Waals surface area contributed by atoms with Crippen LogP contribution in [0.4, 0.5) is 16.0 Å². The van der Waals surface area contributed by atoms with Crippen molar-refractivity contribution in [2.75, 3.05) is 30.4 Å². The summed E-state index contributed by atoms with van der Waals surface area (Å²) in [4.78, 5) is 27.4. The average Bonchev–Trinajstić information content (AvgIpc) is 3.61. The topological polar surface area (TPSA) is 87.5 Å². The van der Waals surface area contributed by atoms with Crippen LogP contribution in [0.3, 0.4) is 0 Å². The number of nitrogens with zero attached hydrogens (tertiary/aromatic N) is 4. The van der Waals surface area contributed by atoms with Gasteiger partial charge in [-0.25, -0.2) is 14.4 Å². The van der Waals surface area contributed by atoms with Crippen molar-refractivity contribution in [1.29, 1.82) is 0 Å². The molecule has 1 atom stereocenters. The third kappa shape index (κ3) is 4.41. The van der Waals surface area contributed by atoms with Crippen LogP contribution in [0.15, 0.2) is 54.7 Å². The number of carbonyl (C=O) groups excluding carboxylic acids is 1. The van der Waals surface area contributed by atoms with Crippen LogP contribution in [0.2, 0.25) is 5.02 Å². The molecule has 1 aliphatic heterocycles. The highest BCUT2D eigenvalue weighted by molar-refractivity contribution is 6.30. The van der Waals surface area contributed by atoms with Crippen molar-refractivity contribution in [3.8, 4) is 11.1 Å². The number of halogens is 2. The number of aromatic amines is 1. The van der Waals surface area contributed by atoms with Crippen LogP contribution >= 0.6 is 11.6 Å². The predicted molar refractivity (Wildman–Crippen MR) is 142 cm³/mol. The highest BCUT2D eigenvalue weighted by Gasteiger charge is 2.24. The lowest BCUT2D eigenvalue weighted by Gasteiger charge is -2.21. The molecule has 0 saturated carbocycles. The van der Waals surface area contributed by atoms with E-state index in [4.69, 9.17) is 16.3 Å². The number of carbonyl (C=O) groups is 1. The van der Waals surface area contributed by atoms with Gasteiger partial charge in [0.15, 0.2) is 0 Å². The van der Waals surface area contributed by atoms with Crippen LogP contribution in [0.5, 0.6) is 0 Å². The number of ether oxygens (including phenoxy) is 1. The summed E-state index contributed by atoms with van der Waals surface area (Å²) in [6.45, 7) is 3.78. The minimum absolute atomic E-state index is 0.228. The molecular weight excluding hydrogens is 495 g/mol. The second kappa shape index (κ2) is 9.17. The van der Waals surface area contributed by atoms with E-state index < -0.39 is 5.82 Å². The summed E-state index contributed by atoms with van der Waals surface area (Å²) in [6, 6.07) is 13.8. The minimum Gasteiger partial charge on any atom is -0.380 e. The number of methoxy groups -OCH3 is 1. The molecule has 0 radical (unpaired) electrons. The number of nitrogens with one attached hydrogen (secondary N) is 2. The fourth-order valence-corrected chi connectivity index (χ4v) is 5.12. The third-order valence-corrected chi connectivity index (χ3v) is 7.04. The van der Waals surface area contributed by atoms with E-state index in [1.807, 2.05) is 41.7 Å². The Bertz CT molecular complexity index is 1640. The van der Waals surface area contributed by atoms with Crippen molar-refractivity contribution < 1.29 is 13.9 Å². The first-order valence-corrected chi connectivity index (χ1v) is 12.3. The number of imidazole rings is 2. The summed E-state index contributed by atoms with van der Waals surface area (Å²) < 4.78 is 21.2. The lowest BCUT2D eigenvalue weighted by molar-refractivity contribution is 0.102. The first kappa shape index (κ1) is 23.4. The largest absolute Gasteiger partial charge is 0.380 e. The van der Waals surface area contributed by atoms with Gasteiger partial charge < -0.3 is 19.0 Å². The molecule has 188 valence electrons. The van der Waals surface area contributed by atoms with Gasteiger partial charge in [-0.15, -0.1) is 0 Å². The van der Waals surface area contributed by atoms with E-state index in [0.717, 1.165) is 42.0 Å². The number of fused-ring (bicyclic) bond motifs is 2. The maximum atomic E-state index is 13.8. The maximum Gasteiger partial charge on any atom is 0.278 e. The molecule has 37 heavy (non-hydrogen) atoms. The number of pyridine rings is 1. The number of H-pyrrole nitrogens is 1. The number of amides is 1. The molecule has 6 rings (SSSR count). The summed E-state index contributed by atoms with van der Waals surface area (Å²) in [6.07, 6.45) is 2.95. The smallest absolute Gasteiger partial charge is 0.278 e. The van der Waals surface area contributed by atoms with Crippen molar-refractivity contribution in [1.82, 2.24) is 19.4 Å². The molecule has 3 aromatic heterocycles. The third-order valence-electron chi connectivity index (χ3n) is 6.82. The first-order valence-electron chi connectivity index (χ1n) is 11.9. The molecule has 0 spiro atoms. The fourth-order valence-electron chi connectivity index (χ4n) is 4.90. The molecule has 1 aliphatic rings. The van der Waals surface area contributed by atoms with Gasteiger partial charge in [-0.3, -0.25) is 10.1 Å². The quantitative estimate of drug-likeness (QED) is 0.323. The van der Waals surface area contributed by atoms with Crippen LogP contribution < -0.4 is 10.2 Å². The molecule has 1 saturated heterocycles. The second-order valence-electron chi connectivity index (χ2n) is 9.18. The molecule has 5 aromatic rings. The Hall–Kier alpha value is -3.95. The maximum absolute atomic E-state index is 13.8. The van der Waals surface area contributed by atoms with Gasteiger partial charge in [-0.2, -0.15) is 0 Å². The van der Waals surface area contributed by atoms with Crippen molar-refractivity contribution in [2.24, 2.45) is 0 Å². The molecule has 0 aliphatic carbocycles. The molecule has 2 N–H and O–H groups in total. The standard InChI is InChI=1S/C27H24ClFN6O2/c1-15-24(34-8-7-20(13-34)37-2)5-6-25-30-23(14-35(15)25)26(36)33-27-31-21-4-3-16(11-22(21)32-27)17-9-18(28)12-19(29)10-17/h3-6,9-12,14,20H,7-8,13H2,1-2H3,(H2,31,32,33,36)/t20-/m1/s1. The van der Waals surface area contributed by atoms with Gasteiger partial charge in [0.05, 0.1) is 22.8 Å². The molecule has 8 nitrogen and oxygen atoms in total. The number of rotatable bonds is 5. The molecule has 0 unspecified atom stereocenters. The number of aryl methyl sites for hydroxylation is 1. The normalized spacial score (nSPS) is 15.7. The van der Waals surface area contributed by atoms with Crippen LogP contribution in [0, 0.1) is 12.7 Å². The molecule has 10 heteroatoms. The Balaban J connectivity index is 1.24. The van der Waals surface area contributed by atoms with E-state index in [-0.39, 0.29) is 17.7 Å². The van der Waals surface area contributed by atoms with Crippen molar-refractivity contribution >= 4 is 45.8 Å². The number of aromatic nitrogens is 4. The van der Waals surface area contributed by atoms with Crippen molar-refractivity contribution in [3.63, 3.8) is 0 Å². The van der Waals surface area contributed by atoms with E-state index in [2.05, 4.69) is 25.2 Å². The summed E-state index contributed by atoms with van der Waals surface area (Å²) in [5.74, 6) is -0.486. The molecule has 4 heterocycles. The zero-order valence-corrected chi connectivity index (χ0v) is 21.0. The Morgan fingerprint density at radius 2 is 2.03 bits per heavy atom. The van der Waals surface area contributed by atoms with Gasteiger partial charge >= 0.3 is 0 Å². The zero-order chi connectivity index (χ0) is 25.7. The van der Waals surface area contributed by atoms with Gasteiger partial charge in [0.1, 0.15) is 17.2 Å². The summed E-state index contributed by atoms with van der Waals surface area (Å²) in [5, 5.41) is 3.12. The monoisotopic (exact) mass is 518 g/mol. The van der Waals surface area contributed by atoms with E-state index in [1.54, 1.807) is 19.4 Å². The Labute approximate surface area is 217 Å². The van der Waals surface area contributed by atoms with Crippen LogP contribution in [-0.4, -0.2) is 51.6 Å². The van der Waals surface area contributed by atoms with E-state index in [1.165, 1.54) is 12.1 Å². The van der Waals surface area contributed by atoms with Gasteiger partial charge in [0.2, 0.25) is 5.95 Å². The second-order valence-corrected chi connectivity index (χ2v) is 9.62. The molecule has 1 fully saturated rings. The minimum atomic E-state index is -0.410. The SMILES string of the molecule is CO[C@@H]1CCN(c2ccc3nc(C(=O)Nc4nc5cc(-c6cc(F)cc(Cl)c6)ccc5[nH]4)cn3c2C)C1. The Morgan fingerprint density at radius 1 is 1.16 bits per heavy atom. The van der Waals surface area contributed by atoms with Crippen molar-refractivity contribution in [2.45, 2.75) is 19.4 Å². The first-order chi connectivity index (χ1) is 17.9. The lowest BCUT2D eigenvalue weighted by atomic mass is 10.1. The summed E-state index contributed by atoms with van der Waals surface area (Å²) in [7, 11) is 1.74. The van der Waals surface area contributed by atoms with E-state index in [0.29, 0.717) is 27.7 Å². The molecule has 1 amide bonds. The molecular formula is C27H24ClFN6O2. The highest BCUT2D eigenvalue weighted by Crippen LogP contribution is 2.29. The van der Waals surface area contributed by atoms with Gasteiger partial charge in [0, 0.05) is 37.1 Å². The van der Waals surface area contributed by atoms with Crippen LogP contribution in [-0.2, 0) is 4.74 Å². The summed E-state index contributed by atoms with van der Waals surface area (Å²) in [5.41, 5.74) is 5.86. The van der Waals surface area contributed by atoms with Crippen LogP contribution in [0.1, 0.15) is 22.6 Å². The highest BCUT2D eigenvalue weighted by atomic mass is 35.5. The van der Waals surface area contributed by atoms with Crippen molar-refractivity contribution in [3.05, 3.63) is 77.0 Å². The van der Waals surface area contributed by atoms with Crippen LogP contribution in [0.25, 0.3) is 27.8 Å². The number of hydrogen-bond acceptors (Lipinski definition) is 5. The Kier molecular flexibility index (Phi) is 5.81. The number of hydrogen-bond donors (Lipinski definition) is 2.